The molecule has 0 aromatic heterocycles. The first kappa shape index (κ1) is 43.3. The first-order valence-corrected chi connectivity index (χ1v) is 22.1. The van der Waals surface area contributed by atoms with E-state index in [1.807, 2.05) is 0 Å². The number of carbonyl (C=O) groups is 4. The number of unbranched alkanes of at least 4 members (excludes halogenated alkanes) is 8. The van der Waals surface area contributed by atoms with Gasteiger partial charge in [0.1, 0.15) is 42.2 Å². The van der Waals surface area contributed by atoms with Gasteiger partial charge in [-0.2, -0.15) is 0 Å². The third kappa shape index (κ3) is 8.16. The minimum absolute atomic E-state index is 0.0222. The van der Waals surface area contributed by atoms with Crippen molar-refractivity contribution in [2.75, 3.05) is 19.8 Å². The van der Waals surface area contributed by atoms with Crippen molar-refractivity contribution in [1.29, 1.82) is 0 Å². The van der Waals surface area contributed by atoms with E-state index in [1.54, 1.807) is 32.1 Å². The van der Waals surface area contributed by atoms with Gasteiger partial charge < -0.3 is 42.6 Å². The molecule has 2 bridgehead atoms. The van der Waals surface area contributed by atoms with E-state index in [9.17, 15) is 19.2 Å². The van der Waals surface area contributed by atoms with Crippen LogP contribution in [0.3, 0.4) is 0 Å². The van der Waals surface area contributed by atoms with Crippen LogP contribution in [0.2, 0.25) is 0 Å². The van der Waals surface area contributed by atoms with E-state index in [0.29, 0.717) is 25.9 Å². The van der Waals surface area contributed by atoms with Crippen molar-refractivity contribution in [3.63, 3.8) is 0 Å². The molecular weight excluding hydrogens is 748 g/mol. The Balaban J connectivity index is 1.14. The van der Waals surface area contributed by atoms with Crippen molar-refractivity contribution in [3.05, 3.63) is 24.3 Å². The molecule has 13 unspecified atom stereocenters. The number of cyclic esters (lactones) is 1. The zero-order chi connectivity index (χ0) is 41.3. The molecular formula is C45H66O13. The number of rotatable bonds is 15. The molecule has 7 aliphatic rings. The van der Waals surface area contributed by atoms with Crippen molar-refractivity contribution in [2.45, 2.75) is 203 Å². The van der Waals surface area contributed by atoms with Crippen molar-refractivity contribution in [2.24, 2.45) is 10.8 Å². The lowest BCUT2D eigenvalue weighted by atomic mass is 9.50. The molecule has 0 radical (unpaired) electrons. The molecule has 7 rings (SSSR count). The minimum atomic E-state index is -1.24. The first-order chi connectivity index (χ1) is 27.8. The maximum absolute atomic E-state index is 14.1. The molecule has 0 N–H and O–H groups in total. The second kappa shape index (κ2) is 17.3. The van der Waals surface area contributed by atoms with Crippen molar-refractivity contribution < 1.29 is 61.8 Å². The Morgan fingerprint density at radius 2 is 1.53 bits per heavy atom. The molecule has 324 valence electrons. The zero-order valence-electron chi connectivity index (χ0n) is 35.5. The van der Waals surface area contributed by atoms with E-state index in [2.05, 4.69) is 27.7 Å². The van der Waals surface area contributed by atoms with Crippen LogP contribution in [0.5, 0.6) is 0 Å². The molecule has 5 aliphatic heterocycles. The number of carbonyl (C=O) groups excluding carboxylic acids is 4. The molecule has 58 heavy (non-hydrogen) atoms. The Morgan fingerprint density at radius 1 is 0.845 bits per heavy atom. The highest BCUT2D eigenvalue weighted by atomic mass is 16.7. The van der Waals surface area contributed by atoms with Crippen molar-refractivity contribution >= 4 is 23.9 Å². The number of fused-ring (bicyclic) bond motifs is 3. The lowest BCUT2D eigenvalue weighted by molar-refractivity contribution is -0.251. The van der Waals surface area contributed by atoms with Gasteiger partial charge in [-0.25, -0.2) is 9.59 Å². The van der Waals surface area contributed by atoms with E-state index >= 15 is 0 Å². The summed E-state index contributed by atoms with van der Waals surface area (Å²) >= 11 is 0. The molecule has 2 saturated carbocycles. The van der Waals surface area contributed by atoms with Gasteiger partial charge in [-0.15, -0.1) is 0 Å². The molecule has 6 fully saturated rings. The van der Waals surface area contributed by atoms with E-state index in [4.69, 9.17) is 42.6 Å². The van der Waals surface area contributed by atoms with Gasteiger partial charge in [0.25, 0.3) is 0 Å². The van der Waals surface area contributed by atoms with Gasteiger partial charge in [0.15, 0.2) is 12.2 Å². The summed E-state index contributed by atoms with van der Waals surface area (Å²) in [5, 5.41) is 0. The summed E-state index contributed by atoms with van der Waals surface area (Å²) in [6.45, 7) is 12.2. The topological polar surface area (TPSA) is 161 Å². The number of hydrogen-bond acceptors (Lipinski definition) is 13. The quantitative estimate of drug-likeness (QED) is 0.0758. The Labute approximate surface area is 343 Å². The zero-order valence-corrected chi connectivity index (χ0v) is 35.5. The van der Waals surface area contributed by atoms with E-state index in [-0.39, 0.29) is 49.8 Å². The average molecular weight is 815 g/mol. The van der Waals surface area contributed by atoms with Crippen molar-refractivity contribution in [1.82, 2.24) is 0 Å². The van der Waals surface area contributed by atoms with Crippen LogP contribution in [0.25, 0.3) is 0 Å². The number of hydrogen-bond donors (Lipinski definition) is 0. The summed E-state index contributed by atoms with van der Waals surface area (Å²) in [4.78, 5) is 53.9. The number of esters is 4. The van der Waals surface area contributed by atoms with Crippen molar-refractivity contribution in [3.8, 4) is 0 Å². The molecule has 13 nitrogen and oxygen atoms in total. The van der Waals surface area contributed by atoms with Crippen LogP contribution in [0.4, 0.5) is 0 Å². The van der Waals surface area contributed by atoms with Crippen LogP contribution in [-0.2, 0) is 61.8 Å². The van der Waals surface area contributed by atoms with E-state index in [1.165, 1.54) is 6.08 Å². The largest absolute Gasteiger partial charge is 0.463 e. The highest BCUT2D eigenvalue weighted by Crippen LogP contribution is 2.75. The Kier molecular flexibility index (Phi) is 12.9. The van der Waals surface area contributed by atoms with Crippen LogP contribution in [0.15, 0.2) is 24.3 Å². The molecule has 4 saturated heterocycles. The van der Waals surface area contributed by atoms with Gasteiger partial charge in [0.05, 0.1) is 36.4 Å². The standard InChI is InChI=1S/C45H66O13/c1-7-9-11-13-15-20-34(46)53-29(3)30-19-17-18-22-35(47)54-31-25-32-45(28-52-45)43(31,6)44(24-23-41(4)37(57-41)38(44)56-32)27-51-40(49)39-42(5,58-39)33(26-50-30)55-36(48)21-16-14-12-10-8-2/h17-19,22,29-33,37-39H,7-16,20-21,23-28H2,1-6H3/b19-17+,22-18?. The Bertz CT molecular complexity index is 1590. The second-order valence-electron chi connectivity index (χ2n) is 18.4. The number of ether oxygens (including phenoxy) is 9. The molecule has 13 atom stereocenters. The molecule has 13 heteroatoms. The highest BCUT2D eigenvalue weighted by molar-refractivity contribution is 5.82. The van der Waals surface area contributed by atoms with Gasteiger partial charge in [0.2, 0.25) is 0 Å². The Hall–Kier alpha value is -2.84. The van der Waals surface area contributed by atoms with E-state index in [0.717, 1.165) is 64.2 Å². The number of allylic oxidation sites excluding steroid dienone is 2. The summed E-state index contributed by atoms with van der Waals surface area (Å²) in [7, 11) is 0. The van der Waals surface area contributed by atoms with Crippen LogP contribution in [0, 0.1) is 10.8 Å². The summed E-state index contributed by atoms with van der Waals surface area (Å²) in [5.74, 6) is -1.87. The molecule has 2 aliphatic carbocycles. The van der Waals surface area contributed by atoms with Crippen LogP contribution in [-0.4, -0.2) is 109 Å². The fraction of sp³-hybridized carbons (Fsp3) is 0.822. The van der Waals surface area contributed by atoms with Gasteiger partial charge >= 0.3 is 23.9 Å². The molecule has 2 spiro atoms. The Morgan fingerprint density at radius 3 is 2.22 bits per heavy atom. The SMILES string of the molecule is CCCCCCCC(=O)OC(C)C1/C=C/C=CC(=O)OC2CC3OC4C5OC5(C)CCC4(COC(=O)C4OC4(C)C(OC(=O)CCCCCCC)CO1)C2(C)C31CO1. The predicted molar refractivity (Wildman–Crippen MR) is 209 cm³/mol. The lowest BCUT2D eigenvalue weighted by Gasteiger charge is -2.58. The lowest BCUT2D eigenvalue weighted by Crippen LogP contribution is -2.69. The predicted octanol–water partition coefficient (Wildman–Crippen LogP) is 6.56. The molecule has 0 amide bonds. The first-order valence-electron chi connectivity index (χ1n) is 22.1. The smallest absolute Gasteiger partial charge is 0.338 e. The minimum Gasteiger partial charge on any atom is -0.463 e. The maximum Gasteiger partial charge on any atom is 0.338 e. The maximum atomic E-state index is 14.1. The monoisotopic (exact) mass is 814 g/mol. The number of epoxide rings is 3. The molecule has 5 heterocycles. The summed E-state index contributed by atoms with van der Waals surface area (Å²) < 4.78 is 56.3. The summed E-state index contributed by atoms with van der Waals surface area (Å²) in [6, 6.07) is 0. The average Bonchev–Trinajstić information content (AvgIpc) is 4.12. The normalized spacial score (nSPS) is 42.3. The third-order valence-corrected chi connectivity index (χ3v) is 14.6. The highest BCUT2D eigenvalue weighted by Gasteiger charge is 2.86. The van der Waals surface area contributed by atoms with Gasteiger partial charge in [-0.1, -0.05) is 90.4 Å². The van der Waals surface area contributed by atoms with Gasteiger partial charge in [0, 0.05) is 30.8 Å². The van der Waals surface area contributed by atoms with Crippen LogP contribution >= 0.6 is 0 Å². The molecule has 0 aromatic carbocycles. The fourth-order valence-corrected chi connectivity index (χ4v) is 10.5. The second-order valence-corrected chi connectivity index (χ2v) is 18.4. The van der Waals surface area contributed by atoms with Gasteiger partial charge in [-0.05, 0) is 46.5 Å². The van der Waals surface area contributed by atoms with Gasteiger partial charge in [-0.3, -0.25) is 9.59 Å². The fourth-order valence-electron chi connectivity index (χ4n) is 10.5. The third-order valence-electron chi connectivity index (χ3n) is 14.6. The van der Waals surface area contributed by atoms with Crippen LogP contribution in [0.1, 0.15) is 138 Å². The molecule has 0 aromatic rings. The van der Waals surface area contributed by atoms with E-state index < -0.39 is 76.6 Å². The summed E-state index contributed by atoms with van der Waals surface area (Å²) in [5.41, 5.74) is -3.81. The summed E-state index contributed by atoms with van der Waals surface area (Å²) in [6.07, 6.45) is 13.3. The van der Waals surface area contributed by atoms with Crippen LogP contribution < -0.4 is 0 Å².